The van der Waals surface area contributed by atoms with Crippen LogP contribution in [0, 0.1) is 0 Å². The molecule has 0 spiro atoms. The molecule has 0 unspecified atom stereocenters. The van der Waals surface area contributed by atoms with Crippen LogP contribution in [0.3, 0.4) is 0 Å². The molecule has 1 N–H and O–H groups in total. The first-order valence-electron chi connectivity index (χ1n) is 7.05. The predicted octanol–water partition coefficient (Wildman–Crippen LogP) is 2.75. The molecule has 4 aromatic rings. The van der Waals surface area contributed by atoms with E-state index >= 15 is 0 Å². The summed E-state index contributed by atoms with van der Waals surface area (Å²) in [5.41, 5.74) is 1.94. The molecule has 0 fully saturated rings. The standard InChI is InChI=1S/C17H14N5/c1-2-8-14(9-3-1)19-17-20-22(15-10-4-6-12-18-15)16-11-5-7-13-21(16)17/h1-13H,(H,19,20)/q+1. The van der Waals surface area contributed by atoms with Crippen molar-refractivity contribution in [1.29, 1.82) is 0 Å². The molecule has 0 saturated heterocycles. The maximum absolute atomic E-state index is 4.66. The van der Waals surface area contributed by atoms with Crippen LogP contribution < -0.4 is 9.72 Å². The zero-order valence-electron chi connectivity index (χ0n) is 11.8. The van der Waals surface area contributed by atoms with Gasteiger partial charge in [-0.15, -0.1) is 0 Å². The summed E-state index contributed by atoms with van der Waals surface area (Å²) in [4.78, 5) is 4.38. The van der Waals surface area contributed by atoms with Crippen LogP contribution in [-0.2, 0) is 0 Å². The van der Waals surface area contributed by atoms with Crippen LogP contribution in [0.25, 0.3) is 11.5 Å². The molecule has 0 radical (unpaired) electrons. The van der Waals surface area contributed by atoms with Gasteiger partial charge in [-0.1, -0.05) is 35.0 Å². The fourth-order valence-corrected chi connectivity index (χ4v) is 2.36. The highest BCUT2D eigenvalue weighted by Crippen LogP contribution is 2.14. The van der Waals surface area contributed by atoms with E-state index in [1.54, 1.807) is 6.20 Å². The van der Waals surface area contributed by atoms with Crippen molar-refractivity contribution in [1.82, 2.24) is 14.8 Å². The second-order valence-electron chi connectivity index (χ2n) is 4.84. The molecule has 5 heteroatoms. The summed E-state index contributed by atoms with van der Waals surface area (Å²) in [5.74, 6) is 1.53. The van der Waals surface area contributed by atoms with Gasteiger partial charge in [-0.05, 0) is 30.3 Å². The van der Waals surface area contributed by atoms with Crippen molar-refractivity contribution < 1.29 is 4.40 Å². The van der Waals surface area contributed by atoms with Crippen molar-refractivity contribution in [3.8, 4) is 5.82 Å². The maximum Gasteiger partial charge on any atom is 0.387 e. The predicted molar refractivity (Wildman–Crippen MR) is 84.2 cm³/mol. The number of aromatic nitrogens is 4. The maximum atomic E-state index is 4.66. The number of hydrogen-bond donors (Lipinski definition) is 1. The van der Waals surface area contributed by atoms with Crippen molar-refractivity contribution in [2.75, 3.05) is 5.32 Å². The number of hydrogen-bond acceptors (Lipinski definition) is 3. The van der Waals surface area contributed by atoms with Gasteiger partial charge in [-0.25, -0.2) is 4.98 Å². The first-order valence-corrected chi connectivity index (χ1v) is 7.05. The van der Waals surface area contributed by atoms with Crippen LogP contribution in [0.5, 0.6) is 0 Å². The monoisotopic (exact) mass is 288 g/mol. The number of para-hydroxylation sites is 1. The average molecular weight is 288 g/mol. The summed E-state index contributed by atoms with van der Waals surface area (Å²) in [5, 5.41) is 8.00. The van der Waals surface area contributed by atoms with Gasteiger partial charge < -0.3 is 0 Å². The summed E-state index contributed by atoms with van der Waals surface area (Å²) < 4.78 is 3.83. The molecular formula is C17H14N5+. The van der Waals surface area contributed by atoms with E-state index in [1.807, 2.05) is 82.0 Å². The lowest BCUT2D eigenvalue weighted by Crippen LogP contribution is -2.22. The minimum Gasteiger partial charge on any atom is -0.260 e. The minimum absolute atomic E-state index is 0.743. The Hall–Kier alpha value is -3.21. The molecule has 4 rings (SSSR count). The Morgan fingerprint density at radius 3 is 2.50 bits per heavy atom. The quantitative estimate of drug-likeness (QED) is 0.590. The average Bonchev–Trinajstić information content (AvgIpc) is 2.96. The Bertz CT molecular complexity index is 900. The number of pyridine rings is 2. The van der Waals surface area contributed by atoms with Gasteiger partial charge in [0.05, 0.1) is 11.9 Å². The second-order valence-corrected chi connectivity index (χ2v) is 4.84. The number of fused-ring (bicyclic) bond motifs is 1. The van der Waals surface area contributed by atoms with E-state index in [9.17, 15) is 0 Å². The Labute approximate surface area is 127 Å². The van der Waals surface area contributed by atoms with Crippen molar-refractivity contribution in [3.63, 3.8) is 0 Å². The van der Waals surface area contributed by atoms with Crippen LogP contribution in [0.4, 0.5) is 11.6 Å². The molecule has 0 aliphatic carbocycles. The third-order valence-electron chi connectivity index (χ3n) is 3.37. The van der Waals surface area contributed by atoms with Gasteiger partial charge in [-0.2, -0.15) is 4.40 Å². The van der Waals surface area contributed by atoms with Crippen molar-refractivity contribution in [2.24, 2.45) is 0 Å². The van der Waals surface area contributed by atoms with E-state index in [4.69, 9.17) is 0 Å². The summed E-state index contributed by atoms with van der Waals surface area (Å²) in [7, 11) is 0. The third kappa shape index (κ3) is 2.18. The molecule has 0 atom stereocenters. The van der Waals surface area contributed by atoms with Crippen LogP contribution in [0.15, 0.2) is 79.1 Å². The van der Waals surface area contributed by atoms with Gasteiger partial charge in [0.2, 0.25) is 11.5 Å². The molecular weight excluding hydrogens is 274 g/mol. The first-order chi connectivity index (χ1) is 10.9. The summed E-state index contributed by atoms with van der Waals surface area (Å²) >= 11 is 0. The van der Waals surface area contributed by atoms with Crippen molar-refractivity contribution >= 4 is 17.3 Å². The van der Waals surface area contributed by atoms with E-state index in [1.165, 1.54) is 0 Å². The first kappa shape index (κ1) is 12.5. The molecule has 1 aromatic carbocycles. The highest BCUT2D eigenvalue weighted by atomic mass is 15.4. The summed E-state index contributed by atoms with van der Waals surface area (Å²) in [6, 6.07) is 21.8. The molecule has 0 saturated carbocycles. The van der Waals surface area contributed by atoms with Crippen molar-refractivity contribution in [2.45, 2.75) is 0 Å². The van der Waals surface area contributed by atoms with Crippen LogP contribution in [0.1, 0.15) is 0 Å². The lowest BCUT2D eigenvalue weighted by molar-refractivity contribution is -0.496. The number of nitrogens with zero attached hydrogens (tertiary/aromatic N) is 4. The van der Waals surface area contributed by atoms with Crippen LogP contribution in [-0.4, -0.2) is 14.8 Å². The van der Waals surface area contributed by atoms with E-state index in [0.29, 0.717) is 0 Å². The molecule has 22 heavy (non-hydrogen) atoms. The minimum atomic E-state index is 0.743. The third-order valence-corrected chi connectivity index (χ3v) is 3.37. The molecule has 3 aromatic heterocycles. The SMILES string of the molecule is c1ccc(Nc2nn(-c3ccccn3)c3cccc[n+]23)cc1. The fraction of sp³-hybridized carbons (Fsp3) is 0. The number of anilines is 2. The molecule has 0 bridgehead atoms. The topological polar surface area (TPSA) is 46.8 Å². The van der Waals surface area contributed by atoms with Gasteiger partial charge in [0.1, 0.15) is 0 Å². The van der Waals surface area contributed by atoms with Gasteiger partial charge >= 0.3 is 5.95 Å². The normalized spacial score (nSPS) is 10.7. The van der Waals surface area contributed by atoms with Gasteiger partial charge in [0.25, 0.3) is 0 Å². The largest absolute Gasteiger partial charge is 0.387 e. The fourth-order valence-electron chi connectivity index (χ4n) is 2.36. The Balaban J connectivity index is 1.86. The lowest BCUT2D eigenvalue weighted by Gasteiger charge is -1.96. The smallest absolute Gasteiger partial charge is 0.260 e. The number of benzene rings is 1. The Morgan fingerprint density at radius 1 is 0.864 bits per heavy atom. The highest BCUT2D eigenvalue weighted by molar-refractivity contribution is 5.52. The molecule has 0 aliphatic rings. The molecule has 0 amide bonds. The van der Waals surface area contributed by atoms with Crippen LogP contribution in [0.2, 0.25) is 0 Å². The molecule has 5 nitrogen and oxygen atoms in total. The number of nitrogens with one attached hydrogen (secondary N) is 1. The Morgan fingerprint density at radius 2 is 1.68 bits per heavy atom. The Kier molecular flexibility index (Phi) is 3.01. The zero-order chi connectivity index (χ0) is 14.8. The summed E-state index contributed by atoms with van der Waals surface area (Å²) in [6.45, 7) is 0. The van der Waals surface area contributed by atoms with E-state index < -0.39 is 0 Å². The van der Waals surface area contributed by atoms with E-state index in [2.05, 4.69) is 15.4 Å². The highest BCUT2D eigenvalue weighted by Gasteiger charge is 2.20. The van der Waals surface area contributed by atoms with E-state index in [0.717, 1.165) is 23.1 Å². The second kappa shape index (κ2) is 5.29. The summed E-state index contributed by atoms with van der Waals surface area (Å²) in [6.07, 6.45) is 3.74. The molecule has 0 aliphatic heterocycles. The van der Waals surface area contributed by atoms with Gasteiger partial charge in [0, 0.05) is 17.4 Å². The van der Waals surface area contributed by atoms with E-state index in [-0.39, 0.29) is 0 Å². The lowest BCUT2D eigenvalue weighted by atomic mass is 10.3. The van der Waals surface area contributed by atoms with Gasteiger partial charge in [0.15, 0.2) is 0 Å². The van der Waals surface area contributed by atoms with Gasteiger partial charge in [-0.3, -0.25) is 5.32 Å². The van der Waals surface area contributed by atoms with Crippen LogP contribution >= 0.6 is 0 Å². The molecule has 106 valence electrons. The number of rotatable bonds is 3. The molecule has 3 heterocycles. The van der Waals surface area contributed by atoms with Crippen molar-refractivity contribution in [3.05, 3.63) is 79.1 Å². The zero-order valence-corrected chi connectivity index (χ0v) is 11.8.